The van der Waals surface area contributed by atoms with E-state index in [0.717, 1.165) is 44.2 Å². The Morgan fingerprint density at radius 3 is 2.58 bits per heavy atom. The molecule has 0 spiro atoms. The quantitative estimate of drug-likeness (QED) is 0.898. The van der Waals surface area contributed by atoms with Crippen LogP contribution >= 0.6 is 0 Å². The number of piperidine rings is 1. The third-order valence-corrected chi connectivity index (χ3v) is 6.08. The van der Waals surface area contributed by atoms with E-state index in [1.165, 1.54) is 12.0 Å². The van der Waals surface area contributed by atoms with E-state index in [9.17, 15) is 9.59 Å². The van der Waals surface area contributed by atoms with Crippen LogP contribution in [0.4, 0.5) is 0 Å². The summed E-state index contributed by atoms with van der Waals surface area (Å²) >= 11 is 0. The van der Waals surface area contributed by atoms with Crippen LogP contribution in [0.15, 0.2) is 12.1 Å². The summed E-state index contributed by atoms with van der Waals surface area (Å²) in [4.78, 5) is 30.4. The van der Waals surface area contributed by atoms with Crippen LogP contribution in [-0.4, -0.2) is 52.2 Å². The average Bonchev–Trinajstić information content (AvgIpc) is 3.18. The molecule has 6 heteroatoms. The van der Waals surface area contributed by atoms with Gasteiger partial charge >= 0.3 is 5.97 Å². The molecule has 0 saturated carbocycles. The van der Waals surface area contributed by atoms with E-state index in [2.05, 4.69) is 11.1 Å². The lowest BCUT2D eigenvalue weighted by molar-refractivity contribution is -0.150. The molecule has 2 atom stereocenters. The summed E-state index contributed by atoms with van der Waals surface area (Å²) in [6.45, 7) is 1.39. The van der Waals surface area contributed by atoms with Crippen molar-refractivity contribution in [3.63, 3.8) is 0 Å². The Balaban J connectivity index is 1.34. The van der Waals surface area contributed by atoms with E-state index in [1.807, 2.05) is 11.0 Å². The molecule has 1 N–H and O–H groups in total. The van der Waals surface area contributed by atoms with Gasteiger partial charge in [-0.25, -0.2) is 9.78 Å². The molecule has 0 bridgehead atoms. The standard InChI is InChI=1S/C20H26N2O4/c23-19(16-6-5-13-3-1-2-4-15(13)21-16)22-11-9-14(10-12-22)17-7-8-18(26-17)20(24)25/h5-6,14,17-18H,1-4,7-12H2,(H,24,25)/t17-,18+/m0/s1. The molecule has 26 heavy (non-hydrogen) atoms. The molecule has 2 aliphatic heterocycles. The van der Waals surface area contributed by atoms with Crippen molar-refractivity contribution in [2.75, 3.05) is 13.1 Å². The number of aryl methyl sites for hydroxylation is 2. The molecule has 3 heterocycles. The zero-order valence-electron chi connectivity index (χ0n) is 15.0. The molecule has 0 unspecified atom stereocenters. The molecule has 4 rings (SSSR count). The van der Waals surface area contributed by atoms with Crippen molar-refractivity contribution in [1.82, 2.24) is 9.88 Å². The SMILES string of the molecule is O=C(O)[C@H]1CC[C@@H](C2CCN(C(=O)c3ccc4c(n3)CCCC4)CC2)O1. The minimum Gasteiger partial charge on any atom is -0.479 e. The van der Waals surface area contributed by atoms with E-state index in [0.29, 0.717) is 31.1 Å². The van der Waals surface area contributed by atoms with Gasteiger partial charge in [0.2, 0.25) is 0 Å². The molecule has 1 aromatic rings. The summed E-state index contributed by atoms with van der Waals surface area (Å²) in [5.74, 6) is -0.494. The van der Waals surface area contributed by atoms with Crippen molar-refractivity contribution in [3.05, 3.63) is 29.1 Å². The van der Waals surface area contributed by atoms with E-state index in [-0.39, 0.29) is 12.0 Å². The lowest BCUT2D eigenvalue weighted by Gasteiger charge is -2.34. The molecule has 140 valence electrons. The molecule has 1 amide bonds. The number of likely N-dealkylation sites (tertiary alicyclic amines) is 1. The van der Waals surface area contributed by atoms with Crippen molar-refractivity contribution in [1.29, 1.82) is 0 Å². The van der Waals surface area contributed by atoms with Gasteiger partial charge < -0.3 is 14.7 Å². The summed E-state index contributed by atoms with van der Waals surface area (Å²) < 4.78 is 5.69. The number of amides is 1. The maximum absolute atomic E-state index is 12.8. The molecule has 0 radical (unpaired) electrons. The van der Waals surface area contributed by atoms with Crippen LogP contribution < -0.4 is 0 Å². The van der Waals surface area contributed by atoms with E-state index < -0.39 is 12.1 Å². The zero-order valence-corrected chi connectivity index (χ0v) is 15.0. The highest BCUT2D eigenvalue weighted by Gasteiger charge is 2.37. The molecule has 0 aromatic carbocycles. The van der Waals surface area contributed by atoms with Crippen LogP contribution in [0.25, 0.3) is 0 Å². The second kappa shape index (κ2) is 7.35. The minimum absolute atomic E-state index is 0.0209. The Labute approximate surface area is 153 Å². The fourth-order valence-corrected chi connectivity index (χ4v) is 4.53. The van der Waals surface area contributed by atoms with Crippen molar-refractivity contribution < 1.29 is 19.4 Å². The van der Waals surface area contributed by atoms with Crippen LogP contribution in [0.3, 0.4) is 0 Å². The number of rotatable bonds is 3. The van der Waals surface area contributed by atoms with Gasteiger partial charge in [-0.3, -0.25) is 4.79 Å². The molecule has 2 fully saturated rings. The first-order chi connectivity index (χ1) is 12.6. The van der Waals surface area contributed by atoms with E-state index in [1.54, 1.807) is 0 Å². The highest BCUT2D eigenvalue weighted by Crippen LogP contribution is 2.32. The molecular weight excluding hydrogens is 332 g/mol. The number of carbonyl (C=O) groups is 2. The third kappa shape index (κ3) is 3.47. The maximum atomic E-state index is 12.8. The molecular formula is C20H26N2O4. The summed E-state index contributed by atoms with van der Waals surface area (Å²) in [6.07, 6.45) is 6.92. The number of fused-ring (bicyclic) bond motifs is 1. The molecule has 3 aliphatic rings. The first-order valence-corrected chi connectivity index (χ1v) is 9.78. The number of hydrogen-bond acceptors (Lipinski definition) is 4. The van der Waals surface area contributed by atoms with Crippen LogP contribution in [0.2, 0.25) is 0 Å². The van der Waals surface area contributed by atoms with Crippen molar-refractivity contribution in [2.45, 2.75) is 63.6 Å². The largest absolute Gasteiger partial charge is 0.479 e. The number of carboxylic acids is 1. The van der Waals surface area contributed by atoms with Crippen LogP contribution in [0.1, 0.15) is 60.3 Å². The number of aromatic nitrogens is 1. The number of aliphatic carboxylic acids is 1. The first-order valence-electron chi connectivity index (χ1n) is 9.78. The van der Waals surface area contributed by atoms with Crippen LogP contribution in [-0.2, 0) is 22.4 Å². The van der Waals surface area contributed by atoms with Gasteiger partial charge in [-0.1, -0.05) is 6.07 Å². The summed E-state index contributed by atoms with van der Waals surface area (Å²) in [6, 6.07) is 3.94. The van der Waals surface area contributed by atoms with Gasteiger partial charge in [0.15, 0.2) is 6.10 Å². The average molecular weight is 358 g/mol. The Hall–Kier alpha value is -1.95. The van der Waals surface area contributed by atoms with Gasteiger partial charge in [-0.05, 0) is 68.9 Å². The van der Waals surface area contributed by atoms with Gasteiger partial charge in [-0.15, -0.1) is 0 Å². The van der Waals surface area contributed by atoms with Gasteiger partial charge in [0.1, 0.15) is 5.69 Å². The number of nitrogens with zero attached hydrogens (tertiary/aromatic N) is 2. The van der Waals surface area contributed by atoms with Crippen molar-refractivity contribution in [2.24, 2.45) is 5.92 Å². The van der Waals surface area contributed by atoms with Gasteiger partial charge in [0, 0.05) is 18.8 Å². The third-order valence-electron chi connectivity index (χ3n) is 6.08. The molecule has 1 aromatic heterocycles. The predicted octanol–water partition coefficient (Wildman–Crippen LogP) is 2.44. The Kier molecular flexibility index (Phi) is 4.94. The normalized spacial score (nSPS) is 26.5. The topological polar surface area (TPSA) is 79.7 Å². The molecule has 6 nitrogen and oxygen atoms in total. The maximum Gasteiger partial charge on any atom is 0.332 e. The lowest BCUT2D eigenvalue weighted by atomic mass is 9.89. The van der Waals surface area contributed by atoms with Gasteiger partial charge in [0.05, 0.1) is 6.10 Å². The Morgan fingerprint density at radius 1 is 1.08 bits per heavy atom. The van der Waals surface area contributed by atoms with Crippen LogP contribution in [0, 0.1) is 5.92 Å². The predicted molar refractivity (Wildman–Crippen MR) is 95.0 cm³/mol. The van der Waals surface area contributed by atoms with Gasteiger partial charge in [-0.2, -0.15) is 0 Å². The Bertz CT molecular complexity index is 697. The van der Waals surface area contributed by atoms with Gasteiger partial charge in [0.25, 0.3) is 5.91 Å². The smallest absolute Gasteiger partial charge is 0.332 e. The second-order valence-electron chi connectivity index (χ2n) is 7.72. The van der Waals surface area contributed by atoms with Crippen molar-refractivity contribution in [3.8, 4) is 0 Å². The molecule has 2 saturated heterocycles. The number of hydrogen-bond donors (Lipinski definition) is 1. The number of carbonyl (C=O) groups excluding carboxylic acids is 1. The summed E-state index contributed by atoms with van der Waals surface area (Å²) in [7, 11) is 0. The molecule has 1 aliphatic carbocycles. The van der Waals surface area contributed by atoms with E-state index >= 15 is 0 Å². The van der Waals surface area contributed by atoms with Crippen LogP contribution in [0.5, 0.6) is 0 Å². The van der Waals surface area contributed by atoms with E-state index in [4.69, 9.17) is 9.84 Å². The van der Waals surface area contributed by atoms with Crippen molar-refractivity contribution >= 4 is 11.9 Å². The number of pyridine rings is 1. The highest BCUT2D eigenvalue weighted by molar-refractivity contribution is 5.92. The highest BCUT2D eigenvalue weighted by atomic mass is 16.5. The Morgan fingerprint density at radius 2 is 1.85 bits per heavy atom. The second-order valence-corrected chi connectivity index (χ2v) is 7.72. The summed E-state index contributed by atoms with van der Waals surface area (Å²) in [5.41, 5.74) is 2.95. The lowest BCUT2D eigenvalue weighted by Crippen LogP contribution is -2.41. The fourth-order valence-electron chi connectivity index (χ4n) is 4.53. The monoisotopic (exact) mass is 358 g/mol. The fraction of sp³-hybridized carbons (Fsp3) is 0.650. The summed E-state index contributed by atoms with van der Waals surface area (Å²) in [5, 5.41) is 9.07. The minimum atomic E-state index is -0.862. The number of ether oxygens (including phenoxy) is 1. The first kappa shape index (κ1) is 17.5. The zero-order chi connectivity index (χ0) is 18.1. The number of carboxylic acid groups (broad SMARTS) is 1.